The van der Waals surface area contributed by atoms with Gasteiger partial charge in [-0.3, -0.25) is 4.79 Å². The molecule has 4 rings (SSSR count). The summed E-state index contributed by atoms with van der Waals surface area (Å²) >= 11 is 0. The van der Waals surface area contributed by atoms with Crippen LogP contribution in [0.3, 0.4) is 0 Å². The third-order valence-electron chi connectivity index (χ3n) is 5.34. The van der Waals surface area contributed by atoms with Crippen LogP contribution in [0.25, 0.3) is 5.69 Å². The number of tetrazole rings is 1. The molecule has 3 aromatic rings. The maximum Gasteiger partial charge on any atom is 0.338 e. The first-order chi connectivity index (χ1) is 14.5. The van der Waals surface area contributed by atoms with Crippen molar-refractivity contribution < 1.29 is 19.1 Å². The van der Waals surface area contributed by atoms with Crippen molar-refractivity contribution in [1.29, 1.82) is 0 Å². The van der Waals surface area contributed by atoms with Crippen molar-refractivity contribution in [1.82, 2.24) is 24.8 Å². The summed E-state index contributed by atoms with van der Waals surface area (Å²) in [6, 6.07) is 8.47. The fraction of sp³-hybridized carbons (Fsp3) is 0.381. The lowest BCUT2D eigenvalue weighted by Gasteiger charge is -2.14. The summed E-state index contributed by atoms with van der Waals surface area (Å²) < 4.78 is 14.5. The molecule has 0 unspecified atom stereocenters. The van der Waals surface area contributed by atoms with E-state index in [1.54, 1.807) is 24.3 Å². The van der Waals surface area contributed by atoms with Gasteiger partial charge in [-0.2, -0.15) is 0 Å². The molecule has 0 spiro atoms. The monoisotopic (exact) mass is 409 g/mol. The molecule has 1 fully saturated rings. The van der Waals surface area contributed by atoms with Gasteiger partial charge in [-0.25, -0.2) is 9.48 Å². The molecule has 1 aliphatic heterocycles. The zero-order chi connectivity index (χ0) is 21.1. The molecular weight excluding hydrogens is 386 g/mol. The topological polar surface area (TPSA) is 101 Å². The summed E-state index contributed by atoms with van der Waals surface area (Å²) in [5.74, 6) is -0.778. The van der Waals surface area contributed by atoms with Crippen LogP contribution in [-0.4, -0.2) is 55.8 Å². The van der Waals surface area contributed by atoms with Gasteiger partial charge >= 0.3 is 5.97 Å². The van der Waals surface area contributed by atoms with Crippen molar-refractivity contribution in [3.05, 3.63) is 59.2 Å². The second kappa shape index (κ2) is 8.58. The maximum atomic E-state index is 12.7. The average Bonchev–Trinajstić information content (AvgIpc) is 3.51. The van der Waals surface area contributed by atoms with Gasteiger partial charge < -0.3 is 14.0 Å². The van der Waals surface area contributed by atoms with Gasteiger partial charge in [0.25, 0.3) is 0 Å². The molecular formula is C21H23N5O4. The van der Waals surface area contributed by atoms with Crippen LogP contribution in [0.5, 0.6) is 0 Å². The first-order valence-corrected chi connectivity index (χ1v) is 9.85. The third kappa shape index (κ3) is 4.16. The molecule has 0 bridgehead atoms. The molecule has 1 aromatic carbocycles. The smallest absolute Gasteiger partial charge is 0.338 e. The maximum absolute atomic E-state index is 12.7. The van der Waals surface area contributed by atoms with Crippen LogP contribution in [0.1, 0.15) is 44.9 Å². The van der Waals surface area contributed by atoms with Gasteiger partial charge in [0, 0.05) is 30.1 Å². The lowest BCUT2D eigenvalue weighted by molar-refractivity contribution is 0.0474. The number of carbonyl (C=O) groups excluding carboxylic acids is 2. The molecule has 156 valence electrons. The lowest BCUT2D eigenvalue weighted by Crippen LogP contribution is -2.18. The standard InChI is InChI=1S/C21H23N5O4/c1-14-10-19(15(2)25(14)11-18-4-3-9-29-18)20(27)12-30-21(28)16-5-7-17(8-6-16)26-13-22-23-24-26/h5-8,10,13,18H,3-4,9,11-12H2,1-2H3/t18-/m1/s1. The van der Waals surface area contributed by atoms with Crippen LogP contribution in [0.15, 0.2) is 36.7 Å². The summed E-state index contributed by atoms with van der Waals surface area (Å²) in [5, 5.41) is 10.9. The fourth-order valence-electron chi connectivity index (χ4n) is 3.68. The Hall–Kier alpha value is -3.33. The normalized spacial score (nSPS) is 16.0. The van der Waals surface area contributed by atoms with Gasteiger partial charge in [-0.05, 0) is 67.4 Å². The SMILES string of the molecule is Cc1cc(C(=O)COC(=O)c2ccc(-n3cnnn3)cc2)c(C)n1C[C@H]1CCCO1. The number of ether oxygens (including phenoxy) is 2. The van der Waals surface area contributed by atoms with Crippen LogP contribution >= 0.6 is 0 Å². The summed E-state index contributed by atoms with van der Waals surface area (Å²) in [4.78, 5) is 25.0. The number of hydrogen-bond acceptors (Lipinski definition) is 7. The van der Waals surface area contributed by atoms with Crippen molar-refractivity contribution in [2.75, 3.05) is 13.2 Å². The molecule has 0 radical (unpaired) electrons. The number of benzene rings is 1. The first-order valence-electron chi connectivity index (χ1n) is 9.85. The van der Waals surface area contributed by atoms with E-state index in [1.807, 2.05) is 19.9 Å². The molecule has 0 aliphatic carbocycles. The van der Waals surface area contributed by atoms with E-state index in [2.05, 4.69) is 20.1 Å². The number of hydrogen-bond donors (Lipinski definition) is 0. The highest BCUT2D eigenvalue weighted by Gasteiger charge is 2.22. The summed E-state index contributed by atoms with van der Waals surface area (Å²) in [5.41, 5.74) is 3.51. The second-order valence-corrected chi connectivity index (χ2v) is 7.33. The van der Waals surface area contributed by atoms with E-state index >= 15 is 0 Å². The summed E-state index contributed by atoms with van der Waals surface area (Å²) in [6.07, 6.45) is 3.75. The quantitative estimate of drug-likeness (QED) is 0.436. The fourth-order valence-corrected chi connectivity index (χ4v) is 3.68. The molecule has 2 aromatic heterocycles. The first kappa shape index (κ1) is 20.0. The van der Waals surface area contributed by atoms with Crippen LogP contribution in [0.4, 0.5) is 0 Å². The van der Waals surface area contributed by atoms with E-state index in [-0.39, 0.29) is 18.5 Å². The molecule has 3 heterocycles. The van der Waals surface area contributed by atoms with Crippen LogP contribution in [-0.2, 0) is 16.0 Å². The lowest BCUT2D eigenvalue weighted by atomic mass is 10.1. The molecule has 9 heteroatoms. The van der Waals surface area contributed by atoms with Gasteiger partial charge in [0.1, 0.15) is 6.33 Å². The Kier molecular flexibility index (Phi) is 5.71. The average molecular weight is 409 g/mol. The zero-order valence-corrected chi connectivity index (χ0v) is 16.9. The van der Waals surface area contributed by atoms with E-state index in [1.165, 1.54) is 11.0 Å². The number of rotatable bonds is 7. The minimum atomic E-state index is -0.556. The minimum Gasteiger partial charge on any atom is -0.454 e. The van der Waals surface area contributed by atoms with Gasteiger partial charge in [-0.15, -0.1) is 5.10 Å². The van der Waals surface area contributed by atoms with Crippen molar-refractivity contribution in [3.63, 3.8) is 0 Å². The molecule has 1 saturated heterocycles. The minimum absolute atomic E-state index is 0.187. The highest BCUT2D eigenvalue weighted by atomic mass is 16.5. The Morgan fingerprint density at radius 2 is 2.03 bits per heavy atom. The molecule has 0 amide bonds. The highest BCUT2D eigenvalue weighted by Crippen LogP contribution is 2.21. The predicted molar refractivity (Wildman–Crippen MR) is 107 cm³/mol. The number of aromatic nitrogens is 5. The molecule has 9 nitrogen and oxygen atoms in total. The molecule has 0 N–H and O–H groups in total. The van der Waals surface area contributed by atoms with Gasteiger partial charge in [0.15, 0.2) is 6.61 Å². The summed E-state index contributed by atoms with van der Waals surface area (Å²) in [7, 11) is 0. The van der Waals surface area contributed by atoms with E-state index in [9.17, 15) is 9.59 Å². The Bertz CT molecular complexity index is 1030. The predicted octanol–water partition coefficient (Wildman–Crippen LogP) is 2.30. The van der Waals surface area contributed by atoms with Gasteiger partial charge in [0.05, 0.1) is 17.4 Å². The molecule has 0 saturated carbocycles. The van der Waals surface area contributed by atoms with Crippen LogP contribution in [0.2, 0.25) is 0 Å². The molecule has 30 heavy (non-hydrogen) atoms. The van der Waals surface area contributed by atoms with Crippen LogP contribution < -0.4 is 0 Å². The third-order valence-corrected chi connectivity index (χ3v) is 5.34. The van der Waals surface area contributed by atoms with Crippen molar-refractivity contribution >= 4 is 11.8 Å². The van der Waals surface area contributed by atoms with Crippen molar-refractivity contribution in [3.8, 4) is 5.69 Å². The Morgan fingerprint density at radius 3 is 2.70 bits per heavy atom. The highest BCUT2D eigenvalue weighted by molar-refractivity contribution is 6.00. The molecule has 1 aliphatic rings. The van der Waals surface area contributed by atoms with Gasteiger partial charge in [0.2, 0.25) is 5.78 Å². The van der Waals surface area contributed by atoms with Crippen molar-refractivity contribution in [2.24, 2.45) is 0 Å². The van der Waals surface area contributed by atoms with Gasteiger partial charge in [-0.1, -0.05) is 0 Å². The number of nitrogens with zero attached hydrogens (tertiary/aromatic N) is 5. The number of carbonyl (C=O) groups is 2. The second-order valence-electron chi connectivity index (χ2n) is 7.33. The number of Topliss-reactive ketones (excluding diaryl/α,β-unsaturated/α-hetero) is 1. The van der Waals surface area contributed by atoms with Crippen LogP contribution in [0, 0.1) is 13.8 Å². The van der Waals surface area contributed by atoms with E-state index < -0.39 is 5.97 Å². The van der Waals surface area contributed by atoms with E-state index in [0.29, 0.717) is 16.8 Å². The number of aryl methyl sites for hydroxylation is 1. The number of esters is 1. The Labute approximate surface area is 173 Å². The van der Waals surface area contributed by atoms with Crippen molar-refractivity contribution in [2.45, 2.75) is 39.3 Å². The largest absolute Gasteiger partial charge is 0.454 e. The van der Waals surface area contributed by atoms with E-state index in [4.69, 9.17) is 9.47 Å². The zero-order valence-electron chi connectivity index (χ0n) is 16.9. The number of ketones is 1. The Balaban J connectivity index is 1.37. The Morgan fingerprint density at radius 1 is 1.23 bits per heavy atom. The molecule has 1 atom stereocenters. The van der Waals surface area contributed by atoms with E-state index in [0.717, 1.165) is 37.4 Å². The summed E-state index contributed by atoms with van der Waals surface area (Å²) in [6.45, 7) is 5.10.